The highest BCUT2D eigenvalue weighted by Gasteiger charge is 2.15. The molecule has 0 aliphatic carbocycles. The third kappa shape index (κ3) is 1.90. The molecular weight excluding hydrogens is 184 g/mol. The van der Waals surface area contributed by atoms with Crippen LogP contribution in [-0.2, 0) is 4.74 Å². The zero-order valence-electron chi connectivity index (χ0n) is 7.90. The van der Waals surface area contributed by atoms with Crippen molar-refractivity contribution in [3.05, 3.63) is 29.3 Å². The minimum atomic E-state index is -0.588. The van der Waals surface area contributed by atoms with E-state index in [4.69, 9.17) is 5.11 Å². The van der Waals surface area contributed by atoms with E-state index in [9.17, 15) is 9.59 Å². The van der Waals surface area contributed by atoms with Crippen LogP contribution < -0.4 is 0 Å². The number of hydrogen-bond donors (Lipinski definition) is 1. The van der Waals surface area contributed by atoms with E-state index < -0.39 is 5.97 Å². The van der Waals surface area contributed by atoms with Crippen molar-refractivity contribution < 1.29 is 19.4 Å². The smallest absolute Gasteiger partial charge is 0.338 e. The third-order valence-electron chi connectivity index (χ3n) is 1.79. The van der Waals surface area contributed by atoms with Crippen molar-refractivity contribution in [2.45, 2.75) is 6.92 Å². The summed E-state index contributed by atoms with van der Waals surface area (Å²) in [5.41, 5.74) is 0.328. The molecular formula is C10H10O4. The van der Waals surface area contributed by atoms with Crippen molar-refractivity contribution in [3.63, 3.8) is 0 Å². The monoisotopic (exact) mass is 194 g/mol. The molecule has 1 rings (SSSR count). The van der Waals surface area contributed by atoms with Crippen LogP contribution in [0, 0.1) is 0 Å². The third-order valence-corrected chi connectivity index (χ3v) is 1.79. The van der Waals surface area contributed by atoms with E-state index in [-0.39, 0.29) is 22.7 Å². The van der Waals surface area contributed by atoms with Gasteiger partial charge in [0.05, 0.1) is 12.7 Å². The normalized spacial score (nSPS) is 9.57. The highest BCUT2D eigenvalue weighted by atomic mass is 16.5. The molecule has 0 amide bonds. The molecule has 4 heteroatoms. The number of methoxy groups -OCH3 is 1. The molecule has 1 N–H and O–H groups in total. The fraction of sp³-hybridized carbons (Fsp3) is 0.200. The number of phenolic OH excluding ortho intramolecular Hbond substituents is 1. The van der Waals surface area contributed by atoms with Gasteiger partial charge in [0, 0.05) is 5.56 Å². The Morgan fingerprint density at radius 3 is 2.43 bits per heavy atom. The second kappa shape index (κ2) is 3.91. The lowest BCUT2D eigenvalue weighted by Crippen LogP contribution is -2.08. The maximum absolute atomic E-state index is 11.2. The number of Topliss-reactive ketones (excluding diaryl/α,β-unsaturated/α-hetero) is 1. The number of esters is 1. The molecule has 0 heterocycles. The van der Waals surface area contributed by atoms with Crippen molar-refractivity contribution in [1.82, 2.24) is 0 Å². The molecule has 0 aliphatic rings. The maximum Gasteiger partial charge on any atom is 0.338 e. The van der Waals surface area contributed by atoms with E-state index in [2.05, 4.69) is 4.74 Å². The first-order valence-electron chi connectivity index (χ1n) is 3.98. The summed E-state index contributed by atoms with van der Waals surface area (Å²) in [6, 6.07) is 3.94. The van der Waals surface area contributed by atoms with Crippen molar-refractivity contribution in [2.24, 2.45) is 0 Å². The predicted octanol–water partition coefficient (Wildman–Crippen LogP) is 1.38. The van der Waals surface area contributed by atoms with Gasteiger partial charge in [-0.1, -0.05) is 0 Å². The van der Waals surface area contributed by atoms with E-state index in [1.54, 1.807) is 0 Å². The quantitative estimate of drug-likeness (QED) is 0.570. The molecule has 74 valence electrons. The van der Waals surface area contributed by atoms with Crippen LogP contribution in [0.5, 0.6) is 5.75 Å². The Hall–Kier alpha value is -1.84. The Morgan fingerprint density at radius 2 is 1.93 bits per heavy atom. The number of benzene rings is 1. The van der Waals surface area contributed by atoms with Crippen molar-refractivity contribution in [3.8, 4) is 5.75 Å². The van der Waals surface area contributed by atoms with Gasteiger partial charge in [-0.15, -0.1) is 0 Å². The lowest BCUT2D eigenvalue weighted by Gasteiger charge is -2.04. The summed E-state index contributed by atoms with van der Waals surface area (Å²) in [7, 11) is 1.24. The number of aromatic hydroxyl groups is 1. The SMILES string of the molecule is COC(=O)c1ccc(O)cc1C(C)=O. The summed E-state index contributed by atoms with van der Waals surface area (Å²) in [6.45, 7) is 1.32. The molecule has 0 atom stereocenters. The van der Waals surface area contributed by atoms with Gasteiger partial charge in [-0.2, -0.15) is 0 Å². The summed E-state index contributed by atoms with van der Waals surface area (Å²) in [5, 5.41) is 9.14. The Morgan fingerprint density at radius 1 is 1.29 bits per heavy atom. The summed E-state index contributed by atoms with van der Waals surface area (Å²) >= 11 is 0. The highest BCUT2D eigenvalue weighted by molar-refractivity contribution is 6.05. The van der Waals surface area contributed by atoms with Crippen molar-refractivity contribution in [1.29, 1.82) is 0 Å². The summed E-state index contributed by atoms with van der Waals surface area (Å²) in [4.78, 5) is 22.3. The minimum Gasteiger partial charge on any atom is -0.508 e. The van der Waals surface area contributed by atoms with Crippen LogP contribution >= 0.6 is 0 Å². The van der Waals surface area contributed by atoms with Gasteiger partial charge in [-0.3, -0.25) is 4.79 Å². The zero-order valence-corrected chi connectivity index (χ0v) is 7.90. The molecule has 0 fully saturated rings. The molecule has 1 aromatic carbocycles. The fourth-order valence-electron chi connectivity index (χ4n) is 1.11. The van der Waals surface area contributed by atoms with E-state index in [1.807, 2.05) is 0 Å². The number of carbonyl (C=O) groups excluding carboxylic acids is 2. The van der Waals surface area contributed by atoms with Crippen molar-refractivity contribution in [2.75, 3.05) is 7.11 Å². The van der Waals surface area contributed by atoms with Gasteiger partial charge in [-0.25, -0.2) is 4.79 Å². The number of phenols is 1. The van der Waals surface area contributed by atoms with Gasteiger partial charge in [0.2, 0.25) is 0 Å². The number of hydrogen-bond acceptors (Lipinski definition) is 4. The van der Waals surface area contributed by atoms with E-state index in [1.165, 1.54) is 32.2 Å². The molecule has 0 aromatic heterocycles. The van der Waals surface area contributed by atoms with Gasteiger partial charge in [-0.05, 0) is 25.1 Å². The maximum atomic E-state index is 11.2. The Bertz CT molecular complexity index is 382. The molecule has 0 saturated heterocycles. The zero-order chi connectivity index (χ0) is 10.7. The van der Waals surface area contributed by atoms with Crippen LogP contribution in [-0.4, -0.2) is 24.0 Å². The number of carbonyl (C=O) groups is 2. The molecule has 0 spiro atoms. The van der Waals surface area contributed by atoms with Crippen LogP contribution in [0.3, 0.4) is 0 Å². The minimum absolute atomic E-state index is 0.0529. The Balaban J connectivity index is 3.28. The van der Waals surface area contributed by atoms with Gasteiger partial charge in [0.1, 0.15) is 5.75 Å². The summed E-state index contributed by atoms with van der Waals surface area (Å²) in [5.74, 6) is -0.931. The second-order valence-electron chi connectivity index (χ2n) is 2.78. The largest absolute Gasteiger partial charge is 0.508 e. The standard InChI is InChI=1S/C10H10O4/c1-6(11)9-5-7(12)3-4-8(9)10(13)14-2/h3-5,12H,1-2H3. The number of ether oxygens (including phenoxy) is 1. The lowest BCUT2D eigenvalue weighted by atomic mass is 10.0. The van der Waals surface area contributed by atoms with Crippen LogP contribution in [0.4, 0.5) is 0 Å². The summed E-state index contributed by atoms with van der Waals surface area (Å²) < 4.78 is 4.49. The fourth-order valence-corrected chi connectivity index (χ4v) is 1.11. The van der Waals surface area contributed by atoms with Gasteiger partial charge < -0.3 is 9.84 Å². The molecule has 0 unspecified atom stereocenters. The van der Waals surface area contributed by atoms with Crippen LogP contribution in [0.25, 0.3) is 0 Å². The summed E-state index contributed by atoms with van der Waals surface area (Å²) in [6.07, 6.45) is 0. The van der Waals surface area contributed by atoms with Crippen LogP contribution in [0.15, 0.2) is 18.2 Å². The van der Waals surface area contributed by atoms with Gasteiger partial charge in [0.25, 0.3) is 0 Å². The van der Waals surface area contributed by atoms with Gasteiger partial charge >= 0.3 is 5.97 Å². The molecule has 1 aromatic rings. The Kier molecular flexibility index (Phi) is 2.86. The number of rotatable bonds is 2. The average Bonchev–Trinajstić information content (AvgIpc) is 2.16. The molecule has 0 saturated carbocycles. The molecule has 14 heavy (non-hydrogen) atoms. The first kappa shape index (κ1) is 10.2. The highest BCUT2D eigenvalue weighted by Crippen LogP contribution is 2.17. The molecule has 0 aliphatic heterocycles. The first-order chi connectivity index (χ1) is 6.56. The number of ketones is 1. The van der Waals surface area contributed by atoms with Crippen molar-refractivity contribution >= 4 is 11.8 Å². The van der Waals surface area contributed by atoms with E-state index >= 15 is 0 Å². The average molecular weight is 194 g/mol. The van der Waals surface area contributed by atoms with Crippen LogP contribution in [0.1, 0.15) is 27.6 Å². The molecule has 4 nitrogen and oxygen atoms in total. The first-order valence-corrected chi connectivity index (χ1v) is 3.98. The van der Waals surface area contributed by atoms with Crippen LogP contribution in [0.2, 0.25) is 0 Å². The molecule has 0 radical (unpaired) electrons. The lowest BCUT2D eigenvalue weighted by molar-refractivity contribution is 0.0597. The van der Waals surface area contributed by atoms with E-state index in [0.29, 0.717) is 0 Å². The van der Waals surface area contributed by atoms with Gasteiger partial charge in [0.15, 0.2) is 5.78 Å². The molecule has 0 bridgehead atoms. The predicted molar refractivity (Wildman–Crippen MR) is 49.5 cm³/mol. The Labute approximate surface area is 81.1 Å². The van der Waals surface area contributed by atoms with E-state index in [0.717, 1.165) is 0 Å². The topological polar surface area (TPSA) is 63.6 Å². The second-order valence-corrected chi connectivity index (χ2v) is 2.78.